The third-order valence-electron chi connectivity index (χ3n) is 6.91. The molecule has 3 saturated heterocycles. The zero-order chi connectivity index (χ0) is 27.7. The van der Waals surface area contributed by atoms with Crippen molar-refractivity contribution in [2.24, 2.45) is 0 Å². The van der Waals surface area contributed by atoms with Gasteiger partial charge in [0.25, 0.3) is 0 Å². The quantitative estimate of drug-likeness (QED) is 0.184. The van der Waals surface area contributed by atoms with Gasteiger partial charge in [0.1, 0.15) is 60.3 Å². The van der Waals surface area contributed by atoms with Crippen molar-refractivity contribution >= 4 is 0 Å². The van der Waals surface area contributed by atoms with E-state index in [1.54, 1.807) is 24.3 Å². The van der Waals surface area contributed by atoms with Gasteiger partial charge in [0.15, 0.2) is 18.7 Å². The van der Waals surface area contributed by atoms with Gasteiger partial charge in [-0.25, -0.2) is 0 Å². The molecule has 0 bridgehead atoms. The number of hydrogen-bond acceptors (Lipinski definition) is 14. The van der Waals surface area contributed by atoms with Gasteiger partial charge < -0.3 is 68.9 Å². The molecule has 216 valence electrons. The zero-order valence-corrected chi connectivity index (χ0v) is 21.1. The maximum absolute atomic E-state index is 10.8. The fraction of sp³-hybridized carbons (Fsp3) is 0.750. The summed E-state index contributed by atoms with van der Waals surface area (Å²) in [5.74, 6) is 0.902. The van der Waals surface area contributed by atoms with Crippen molar-refractivity contribution in [1.29, 1.82) is 0 Å². The van der Waals surface area contributed by atoms with Crippen LogP contribution < -0.4 is 9.47 Å². The summed E-state index contributed by atoms with van der Waals surface area (Å²) in [4.78, 5) is 0. The number of aliphatic hydroxyl groups is 7. The molecule has 3 aliphatic heterocycles. The van der Waals surface area contributed by atoms with Crippen molar-refractivity contribution in [3.8, 4) is 11.5 Å². The highest BCUT2D eigenvalue weighted by molar-refractivity contribution is 5.31. The molecule has 0 radical (unpaired) electrons. The zero-order valence-electron chi connectivity index (χ0n) is 21.1. The Hall–Kier alpha value is -1.66. The first kappa shape index (κ1) is 29.3. The summed E-state index contributed by atoms with van der Waals surface area (Å²) < 4.78 is 39.6. The normalized spacial score (nSPS) is 45.9. The van der Waals surface area contributed by atoms with Gasteiger partial charge in [-0.3, -0.25) is 0 Å². The van der Waals surface area contributed by atoms with Gasteiger partial charge in [-0.2, -0.15) is 0 Å². The molecule has 0 unspecified atom stereocenters. The van der Waals surface area contributed by atoms with Gasteiger partial charge in [-0.15, -0.1) is 0 Å². The Morgan fingerprint density at radius 3 is 1.61 bits per heavy atom. The average molecular weight is 549 g/mol. The van der Waals surface area contributed by atoms with Crippen LogP contribution in [-0.2, 0) is 23.7 Å². The predicted octanol–water partition coefficient (Wildman–Crippen LogP) is -2.78. The van der Waals surface area contributed by atoms with E-state index in [0.29, 0.717) is 11.5 Å². The third kappa shape index (κ3) is 6.06. The maximum atomic E-state index is 10.8. The van der Waals surface area contributed by atoms with Crippen molar-refractivity contribution in [2.45, 2.75) is 99.9 Å². The van der Waals surface area contributed by atoms with Crippen LogP contribution in [0.5, 0.6) is 11.5 Å². The molecular weight excluding hydrogens is 512 g/mol. The molecule has 0 saturated carbocycles. The van der Waals surface area contributed by atoms with E-state index in [0.717, 1.165) is 0 Å². The first-order valence-electron chi connectivity index (χ1n) is 12.3. The topological polar surface area (TPSA) is 206 Å². The van der Waals surface area contributed by atoms with Crippen LogP contribution >= 0.6 is 0 Å². The summed E-state index contributed by atoms with van der Waals surface area (Å²) in [7, 11) is 1.51. The Labute approximate surface area is 218 Å². The fourth-order valence-electron chi connectivity index (χ4n) is 4.52. The predicted molar refractivity (Wildman–Crippen MR) is 124 cm³/mol. The van der Waals surface area contributed by atoms with Crippen LogP contribution in [0.3, 0.4) is 0 Å². The Morgan fingerprint density at radius 2 is 1.11 bits per heavy atom. The monoisotopic (exact) mass is 548 g/mol. The molecule has 14 atom stereocenters. The number of ether oxygens (including phenoxy) is 7. The van der Waals surface area contributed by atoms with Crippen LogP contribution in [0.15, 0.2) is 24.3 Å². The highest BCUT2D eigenvalue weighted by Gasteiger charge is 2.52. The fourth-order valence-corrected chi connectivity index (χ4v) is 4.52. The molecule has 0 aliphatic carbocycles. The summed E-state index contributed by atoms with van der Waals surface area (Å²) in [5, 5.41) is 72.3. The number of hydrogen-bond donors (Lipinski definition) is 7. The lowest BCUT2D eigenvalue weighted by molar-refractivity contribution is -0.372. The molecule has 14 nitrogen and oxygen atoms in total. The minimum atomic E-state index is -1.68. The highest BCUT2D eigenvalue weighted by atomic mass is 16.8. The van der Waals surface area contributed by atoms with E-state index < -0.39 is 86.0 Å². The minimum absolute atomic E-state index is 0.291. The van der Waals surface area contributed by atoms with E-state index in [9.17, 15) is 35.7 Å². The molecule has 3 heterocycles. The number of methoxy groups -OCH3 is 1. The smallest absolute Gasteiger partial charge is 0.229 e. The lowest BCUT2D eigenvalue weighted by Gasteiger charge is -2.47. The van der Waals surface area contributed by atoms with Crippen molar-refractivity contribution < 1.29 is 68.9 Å². The minimum Gasteiger partial charge on any atom is -0.497 e. The summed E-state index contributed by atoms with van der Waals surface area (Å²) in [5.41, 5.74) is 0. The Kier molecular flexibility index (Phi) is 9.45. The SMILES string of the molecule is COc1ccc(O[C@H]2OC[C@@H](O)[C@H](O[C@@H]3O[C@@H](C)[C@H](O)[C@@H](O)[C@H]3O)[C@@H]2O[C@@H]2O[C@@H](C)[C@H](O)[C@@H](O)[C@H]2O)cc1. The molecule has 7 N–H and O–H groups in total. The van der Waals surface area contributed by atoms with Crippen molar-refractivity contribution in [1.82, 2.24) is 0 Å². The van der Waals surface area contributed by atoms with Crippen molar-refractivity contribution in [2.75, 3.05) is 13.7 Å². The van der Waals surface area contributed by atoms with Crippen molar-refractivity contribution in [3.05, 3.63) is 24.3 Å². The molecule has 14 heteroatoms. The van der Waals surface area contributed by atoms with Gasteiger partial charge >= 0.3 is 0 Å². The largest absolute Gasteiger partial charge is 0.497 e. The average Bonchev–Trinajstić information content (AvgIpc) is 2.91. The van der Waals surface area contributed by atoms with Crippen LogP contribution in [0.1, 0.15) is 13.8 Å². The van der Waals surface area contributed by atoms with Gasteiger partial charge in [-0.05, 0) is 38.1 Å². The first-order chi connectivity index (χ1) is 18.0. The number of aliphatic hydroxyl groups excluding tert-OH is 7. The lowest BCUT2D eigenvalue weighted by atomic mass is 9.98. The van der Waals surface area contributed by atoms with E-state index in [1.165, 1.54) is 21.0 Å². The van der Waals surface area contributed by atoms with Gasteiger partial charge in [0.05, 0.1) is 25.9 Å². The second kappa shape index (κ2) is 12.2. The Balaban J connectivity index is 1.59. The van der Waals surface area contributed by atoms with Crippen LogP contribution in [0.25, 0.3) is 0 Å². The summed E-state index contributed by atoms with van der Waals surface area (Å²) in [6, 6.07) is 6.48. The summed E-state index contributed by atoms with van der Waals surface area (Å²) in [6.45, 7) is 2.66. The molecular formula is C24H36O14. The molecule has 1 aromatic rings. The van der Waals surface area contributed by atoms with E-state index in [1.807, 2.05) is 0 Å². The van der Waals surface area contributed by atoms with Gasteiger partial charge in [-0.1, -0.05) is 0 Å². The molecule has 0 amide bonds. The van der Waals surface area contributed by atoms with Gasteiger partial charge in [0, 0.05) is 0 Å². The second-order valence-electron chi connectivity index (χ2n) is 9.63. The second-order valence-corrected chi connectivity index (χ2v) is 9.63. The number of rotatable bonds is 7. The molecule has 1 aromatic carbocycles. The van der Waals surface area contributed by atoms with Gasteiger partial charge in [0.2, 0.25) is 6.29 Å². The van der Waals surface area contributed by atoms with E-state index in [2.05, 4.69) is 0 Å². The molecule has 0 aromatic heterocycles. The number of benzene rings is 1. The van der Waals surface area contributed by atoms with E-state index in [4.69, 9.17) is 33.2 Å². The summed E-state index contributed by atoms with van der Waals surface area (Å²) >= 11 is 0. The summed E-state index contributed by atoms with van der Waals surface area (Å²) in [6.07, 6.45) is -19.4. The maximum Gasteiger partial charge on any atom is 0.229 e. The highest BCUT2D eigenvalue weighted by Crippen LogP contribution is 2.32. The van der Waals surface area contributed by atoms with E-state index >= 15 is 0 Å². The molecule has 38 heavy (non-hydrogen) atoms. The molecule has 3 aliphatic rings. The molecule has 4 rings (SSSR count). The molecule has 3 fully saturated rings. The lowest BCUT2D eigenvalue weighted by Crippen LogP contribution is -2.65. The molecule has 0 spiro atoms. The van der Waals surface area contributed by atoms with Crippen LogP contribution in [-0.4, -0.2) is 135 Å². The first-order valence-corrected chi connectivity index (χ1v) is 12.3. The van der Waals surface area contributed by atoms with E-state index in [-0.39, 0.29) is 6.61 Å². The Bertz CT molecular complexity index is 887. The third-order valence-corrected chi connectivity index (χ3v) is 6.91. The van der Waals surface area contributed by atoms with Crippen molar-refractivity contribution in [3.63, 3.8) is 0 Å². The van der Waals surface area contributed by atoms with Crippen LogP contribution in [0.4, 0.5) is 0 Å². The van der Waals surface area contributed by atoms with Crippen LogP contribution in [0.2, 0.25) is 0 Å². The Morgan fingerprint density at radius 1 is 0.632 bits per heavy atom. The standard InChI is InChI=1S/C24H36O14/c1-9-14(26)16(28)18(30)22(34-9)37-20-13(25)8-33-24(36-12-6-4-11(32-3)5-7-12)21(20)38-23-19(31)17(29)15(27)10(2)35-23/h4-7,9-10,13-31H,8H2,1-3H3/t9-,10-,13+,14-,15-,16+,17+,18+,19+,20-,21-,22-,23-,24+/m0/s1. The van der Waals surface area contributed by atoms with Crippen LogP contribution in [0, 0.1) is 0 Å².